The van der Waals surface area contributed by atoms with Crippen molar-refractivity contribution in [1.82, 2.24) is 0 Å². The maximum absolute atomic E-state index is 2.66. The highest BCUT2D eigenvalue weighted by atomic mass is 15.2. The zero-order valence-corrected chi connectivity index (χ0v) is 40.0. The lowest BCUT2D eigenvalue weighted by molar-refractivity contribution is 0.590. The average Bonchev–Trinajstić information content (AvgIpc) is 3.28. The van der Waals surface area contributed by atoms with E-state index in [0.29, 0.717) is 0 Å². The molecule has 0 aromatic heterocycles. The molecule has 0 bridgehead atoms. The standard InChI is InChI=1S/C62H61BN2/c1-39-34-56-59-57(35-39)65(52-31-24-43-19-14-18-42-20-15-21-48(52)58(42)43)55-38-47(62(8,9)10)28-30-50(55)63(59)51-36-44(40-22-26-45(27-23-40)60(2,3)4)25-32-54(51)64(56)53-33-29-46(61(5,6)7)37-49(53)41-16-12-11-13-17-41/h11-13,15-17,20-38H,14,18-19H2,1-10H3. The van der Waals surface area contributed by atoms with Crippen LogP contribution in [0.4, 0.5) is 34.1 Å². The van der Waals surface area contributed by atoms with Gasteiger partial charge >= 0.3 is 0 Å². The second kappa shape index (κ2) is 14.9. The maximum atomic E-state index is 2.66. The van der Waals surface area contributed by atoms with E-state index in [1.807, 2.05) is 0 Å². The lowest BCUT2D eigenvalue weighted by atomic mass is 9.33. The molecule has 0 radical (unpaired) electrons. The zero-order valence-electron chi connectivity index (χ0n) is 40.0. The van der Waals surface area contributed by atoms with E-state index < -0.39 is 0 Å². The molecule has 0 saturated carbocycles. The van der Waals surface area contributed by atoms with Crippen LogP contribution in [0.3, 0.4) is 0 Å². The summed E-state index contributed by atoms with van der Waals surface area (Å²) in [5.74, 6) is 0. The van der Waals surface area contributed by atoms with Crippen molar-refractivity contribution in [2.45, 2.75) is 105 Å². The monoisotopic (exact) mass is 844 g/mol. The first-order chi connectivity index (χ1) is 31.0. The molecule has 8 aromatic carbocycles. The molecule has 3 aliphatic rings. The highest BCUT2D eigenvalue weighted by Crippen LogP contribution is 2.50. The largest absolute Gasteiger partial charge is 0.311 e. The lowest BCUT2D eigenvalue weighted by Gasteiger charge is -2.45. The molecule has 1 aliphatic carbocycles. The van der Waals surface area contributed by atoms with Gasteiger partial charge in [0.05, 0.1) is 11.4 Å². The van der Waals surface area contributed by atoms with Gasteiger partial charge in [-0.1, -0.05) is 172 Å². The number of anilines is 6. The molecule has 0 saturated heterocycles. The van der Waals surface area contributed by atoms with Crippen molar-refractivity contribution < 1.29 is 0 Å². The highest BCUT2D eigenvalue weighted by Gasteiger charge is 2.45. The summed E-state index contributed by atoms with van der Waals surface area (Å²) in [4.78, 5) is 5.27. The molecule has 0 spiro atoms. The van der Waals surface area contributed by atoms with Gasteiger partial charge in [0, 0.05) is 33.7 Å². The average molecular weight is 845 g/mol. The molecule has 0 N–H and O–H groups in total. The van der Waals surface area contributed by atoms with E-state index in [1.54, 1.807) is 0 Å². The lowest BCUT2D eigenvalue weighted by Crippen LogP contribution is -2.61. The molecular weight excluding hydrogens is 784 g/mol. The predicted molar refractivity (Wildman–Crippen MR) is 282 cm³/mol. The topological polar surface area (TPSA) is 6.48 Å². The Hall–Kier alpha value is -6.32. The van der Waals surface area contributed by atoms with Crippen molar-refractivity contribution in [3.8, 4) is 22.3 Å². The first kappa shape index (κ1) is 41.4. The summed E-state index contributed by atoms with van der Waals surface area (Å²) in [5, 5.41) is 2.80. The SMILES string of the molecule is Cc1cc2c3c(c1)N(c1ccc4c5c(cccc15)CCC4)c1cc(C(C)(C)C)ccc1B3c1cc(-c3ccc(C(C)(C)C)cc3)ccc1N2c1ccc(C(C)(C)C)cc1-c1ccccc1. The van der Waals surface area contributed by atoms with E-state index in [4.69, 9.17) is 0 Å². The van der Waals surface area contributed by atoms with Crippen LogP contribution in [-0.4, -0.2) is 6.71 Å². The van der Waals surface area contributed by atoms with Crippen LogP contribution in [-0.2, 0) is 29.1 Å². The van der Waals surface area contributed by atoms with Crippen molar-refractivity contribution >= 4 is 68.0 Å². The predicted octanol–water partition coefficient (Wildman–Crippen LogP) is 14.9. The Morgan fingerprint density at radius 3 is 1.69 bits per heavy atom. The van der Waals surface area contributed by atoms with Gasteiger partial charge in [-0.15, -0.1) is 0 Å². The van der Waals surface area contributed by atoms with Crippen LogP contribution < -0.4 is 26.2 Å². The molecule has 0 fully saturated rings. The number of aryl methyl sites for hydroxylation is 3. The summed E-state index contributed by atoms with van der Waals surface area (Å²) in [6.45, 7) is 23.2. The Balaban J connectivity index is 1.24. The van der Waals surface area contributed by atoms with Crippen LogP contribution in [0.2, 0.25) is 0 Å². The summed E-state index contributed by atoms with van der Waals surface area (Å²) >= 11 is 0. The molecule has 65 heavy (non-hydrogen) atoms. The fourth-order valence-electron chi connectivity index (χ4n) is 11.1. The van der Waals surface area contributed by atoms with Crippen LogP contribution in [0.5, 0.6) is 0 Å². The molecule has 0 atom stereocenters. The zero-order chi connectivity index (χ0) is 45.2. The molecule has 2 heterocycles. The Morgan fingerprint density at radius 2 is 1.00 bits per heavy atom. The van der Waals surface area contributed by atoms with Gasteiger partial charge in [-0.2, -0.15) is 0 Å². The molecule has 322 valence electrons. The molecular formula is C62H61BN2. The van der Waals surface area contributed by atoms with E-state index in [0.717, 1.165) is 12.8 Å². The third kappa shape index (κ3) is 6.84. The van der Waals surface area contributed by atoms with Crippen molar-refractivity contribution in [3.63, 3.8) is 0 Å². The minimum absolute atomic E-state index is 0.00919. The van der Waals surface area contributed by atoms with Gasteiger partial charge in [-0.3, -0.25) is 0 Å². The van der Waals surface area contributed by atoms with Gasteiger partial charge < -0.3 is 9.80 Å². The summed E-state index contributed by atoms with van der Waals surface area (Å²) in [6.07, 6.45) is 3.47. The highest BCUT2D eigenvalue weighted by molar-refractivity contribution is 7.00. The van der Waals surface area contributed by atoms with Gasteiger partial charge in [-0.25, -0.2) is 0 Å². The normalized spacial score (nSPS) is 14.3. The van der Waals surface area contributed by atoms with Crippen molar-refractivity contribution in [2.24, 2.45) is 0 Å². The number of benzene rings is 8. The number of rotatable bonds is 4. The second-order valence-electron chi connectivity index (χ2n) is 22.2. The molecule has 11 rings (SSSR count). The number of hydrogen-bond acceptors (Lipinski definition) is 2. The number of hydrogen-bond donors (Lipinski definition) is 0. The van der Waals surface area contributed by atoms with Crippen LogP contribution in [0.25, 0.3) is 33.0 Å². The van der Waals surface area contributed by atoms with Crippen LogP contribution in [0.15, 0.2) is 152 Å². The molecule has 3 heteroatoms. The van der Waals surface area contributed by atoms with E-state index in [9.17, 15) is 0 Å². The molecule has 0 amide bonds. The Morgan fingerprint density at radius 1 is 0.415 bits per heavy atom. The summed E-state index contributed by atoms with van der Waals surface area (Å²) in [6, 6.07) is 59.1. The summed E-state index contributed by atoms with van der Waals surface area (Å²) in [5.41, 5.74) is 24.7. The first-order valence-corrected chi connectivity index (χ1v) is 23.9. The quantitative estimate of drug-likeness (QED) is 0.163. The van der Waals surface area contributed by atoms with E-state index in [-0.39, 0.29) is 23.0 Å². The summed E-state index contributed by atoms with van der Waals surface area (Å²) < 4.78 is 0. The second-order valence-corrected chi connectivity index (χ2v) is 22.2. The first-order valence-electron chi connectivity index (χ1n) is 23.9. The van der Waals surface area contributed by atoms with Crippen LogP contribution in [0, 0.1) is 6.92 Å². The third-order valence-corrected chi connectivity index (χ3v) is 14.7. The van der Waals surface area contributed by atoms with E-state index in [1.165, 1.54) is 123 Å². The van der Waals surface area contributed by atoms with Gasteiger partial charge in [0.2, 0.25) is 0 Å². The van der Waals surface area contributed by atoms with E-state index in [2.05, 4.69) is 231 Å². The Labute approximate surface area is 388 Å². The van der Waals surface area contributed by atoms with Crippen molar-refractivity contribution in [3.05, 3.63) is 185 Å². The molecule has 8 aromatic rings. The minimum atomic E-state index is -0.0284. The van der Waals surface area contributed by atoms with Gasteiger partial charge in [0.15, 0.2) is 0 Å². The molecule has 0 unspecified atom stereocenters. The fourth-order valence-corrected chi connectivity index (χ4v) is 11.1. The smallest absolute Gasteiger partial charge is 0.252 e. The fraction of sp³-hybridized carbons (Fsp3) is 0.258. The van der Waals surface area contributed by atoms with Gasteiger partial charge in [0.25, 0.3) is 6.71 Å². The van der Waals surface area contributed by atoms with Crippen molar-refractivity contribution in [1.29, 1.82) is 0 Å². The Kier molecular flexibility index (Phi) is 9.46. The minimum Gasteiger partial charge on any atom is -0.311 e. The van der Waals surface area contributed by atoms with E-state index >= 15 is 0 Å². The van der Waals surface area contributed by atoms with Crippen LogP contribution >= 0.6 is 0 Å². The Bertz CT molecular complexity index is 3180. The third-order valence-electron chi connectivity index (χ3n) is 14.7. The van der Waals surface area contributed by atoms with Crippen LogP contribution in [0.1, 0.15) is 102 Å². The molecule has 2 aliphatic heterocycles. The molecule has 2 nitrogen and oxygen atoms in total. The van der Waals surface area contributed by atoms with Gasteiger partial charge in [-0.05, 0) is 157 Å². The summed E-state index contributed by atoms with van der Waals surface area (Å²) in [7, 11) is 0. The number of fused-ring (bicyclic) bond motifs is 4. The van der Waals surface area contributed by atoms with Crippen molar-refractivity contribution in [2.75, 3.05) is 9.80 Å². The number of nitrogens with zero attached hydrogens (tertiary/aromatic N) is 2. The maximum Gasteiger partial charge on any atom is 0.252 e. The van der Waals surface area contributed by atoms with Gasteiger partial charge in [0.1, 0.15) is 0 Å².